The van der Waals surface area contributed by atoms with E-state index in [9.17, 15) is 13.6 Å². The molecule has 3 nitrogen and oxygen atoms in total. The molecule has 1 saturated carbocycles. The van der Waals surface area contributed by atoms with E-state index in [4.69, 9.17) is 5.73 Å². The van der Waals surface area contributed by atoms with Crippen LogP contribution in [0.4, 0.5) is 8.78 Å². The number of nitrogens with two attached hydrogens (primary N) is 1. The maximum atomic E-state index is 12.8. The summed E-state index contributed by atoms with van der Waals surface area (Å²) >= 11 is 0. The van der Waals surface area contributed by atoms with Crippen LogP contribution in [0.1, 0.15) is 32.6 Å². The summed E-state index contributed by atoms with van der Waals surface area (Å²) in [5.41, 5.74) is 5.33. The van der Waals surface area contributed by atoms with E-state index in [-0.39, 0.29) is 31.2 Å². The Balaban J connectivity index is 2.35. The standard InChI is InChI=1S/C10H18F2N2O/c1-7(3-5-13)14-9(15)8-2-4-10(11,12)6-8/h7-8H,2-6,13H2,1H3,(H,14,15). The molecule has 0 bridgehead atoms. The fourth-order valence-electron chi connectivity index (χ4n) is 1.86. The van der Waals surface area contributed by atoms with Crippen molar-refractivity contribution in [3.8, 4) is 0 Å². The SMILES string of the molecule is CC(CCN)NC(=O)C1CCC(F)(F)C1. The Morgan fingerprint density at radius 3 is 2.80 bits per heavy atom. The van der Waals surface area contributed by atoms with Crippen molar-refractivity contribution in [2.24, 2.45) is 11.7 Å². The zero-order chi connectivity index (χ0) is 11.5. The predicted octanol–water partition coefficient (Wildman–Crippen LogP) is 1.28. The number of rotatable bonds is 4. The molecule has 0 aromatic rings. The van der Waals surface area contributed by atoms with Crippen molar-refractivity contribution >= 4 is 5.91 Å². The fraction of sp³-hybridized carbons (Fsp3) is 0.900. The first-order valence-electron chi connectivity index (χ1n) is 5.33. The van der Waals surface area contributed by atoms with E-state index >= 15 is 0 Å². The van der Waals surface area contributed by atoms with Gasteiger partial charge in [-0.05, 0) is 26.3 Å². The van der Waals surface area contributed by atoms with Crippen LogP contribution in [0.2, 0.25) is 0 Å². The van der Waals surface area contributed by atoms with Gasteiger partial charge in [-0.3, -0.25) is 4.79 Å². The van der Waals surface area contributed by atoms with Crippen LogP contribution < -0.4 is 11.1 Å². The van der Waals surface area contributed by atoms with E-state index in [1.54, 1.807) is 0 Å². The molecule has 0 saturated heterocycles. The summed E-state index contributed by atoms with van der Waals surface area (Å²) in [4.78, 5) is 11.5. The number of carbonyl (C=O) groups is 1. The van der Waals surface area contributed by atoms with Crippen LogP contribution in [0.15, 0.2) is 0 Å². The number of carbonyl (C=O) groups excluding carboxylic acids is 1. The lowest BCUT2D eigenvalue weighted by Gasteiger charge is -2.16. The van der Waals surface area contributed by atoms with Gasteiger partial charge >= 0.3 is 0 Å². The molecule has 2 atom stereocenters. The summed E-state index contributed by atoms with van der Waals surface area (Å²) < 4.78 is 25.7. The van der Waals surface area contributed by atoms with Gasteiger partial charge in [0, 0.05) is 24.8 Å². The van der Waals surface area contributed by atoms with Gasteiger partial charge in [0.1, 0.15) is 0 Å². The second-order valence-electron chi connectivity index (χ2n) is 4.28. The molecular formula is C10H18F2N2O. The van der Waals surface area contributed by atoms with Crippen molar-refractivity contribution in [1.82, 2.24) is 5.32 Å². The lowest BCUT2D eigenvalue weighted by atomic mass is 10.1. The second kappa shape index (κ2) is 4.88. The number of hydrogen-bond donors (Lipinski definition) is 2. The number of hydrogen-bond acceptors (Lipinski definition) is 2. The second-order valence-corrected chi connectivity index (χ2v) is 4.28. The Morgan fingerprint density at radius 2 is 2.33 bits per heavy atom. The van der Waals surface area contributed by atoms with Crippen LogP contribution in [0.3, 0.4) is 0 Å². The Hall–Kier alpha value is -0.710. The van der Waals surface area contributed by atoms with Gasteiger partial charge in [0.25, 0.3) is 0 Å². The lowest BCUT2D eigenvalue weighted by Crippen LogP contribution is -2.37. The normalized spacial score (nSPS) is 26.3. The Bertz CT molecular complexity index is 233. The van der Waals surface area contributed by atoms with E-state index in [1.165, 1.54) is 0 Å². The van der Waals surface area contributed by atoms with E-state index in [2.05, 4.69) is 5.32 Å². The zero-order valence-corrected chi connectivity index (χ0v) is 8.93. The van der Waals surface area contributed by atoms with Crippen LogP contribution >= 0.6 is 0 Å². The molecule has 2 unspecified atom stereocenters. The Kier molecular flexibility index (Phi) is 4.02. The average molecular weight is 220 g/mol. The highest BCUT2D eigenvalue weighted by molar-refractivity contribution is 5.79. The zero-order valence-electron chi connectivity index (χ0n) is 8.93. The molecule has 1 aliphatic rings. The molecule has 1 amide bonds. The number of nitrogens with one attached hydrogen (secondary N) is 1. The number of amides is 1. The van der Waals surface area contributed by atoms with E-state index < -0.39 is 11.8 Å². The quantitative estimate of drug-likeness (QED) is 0.749. The Morgan fingerprint density at radius 1 is 1.67 bits per heavy atom. The summed E-state index contributed by atoms with van der Waals surface area (Å²) in [5, 5.41) is 2.71. The van der Waals surface area contributed by atoms with Crippen LogP contribution in [0.25, 0.3) is 0 Å². The third kappa shape index (κ3) is 3.74. The van der Waals surface area contributed by atoms with E-state index in [1.807, 2.05) is 6.92 Å². The highest BCUT2D eigenvalue weighted by Crippen LogP contribution is 2.38. The van der Waals surface area contributed by atoms with E-state index in [0.29, 0.717) is 13.0 Å². The van der Waals surface area contributed by atoms with Crippen molar-refractivity contribution < 1.29 is 13.6 Å². The van der Waals surface area contributed by atoms with Gasteiger partial charge in [-0.1, -0.05) is 0 Å². The lowest BCUT2D eigenvalue weighted by molar-refractivity contribution is -0.126. The summed E-state index contributed by atoms with van der Waals surface area (Å²) in [7, 11) is 0. The maximum Gasteiger partial charge on any atom is 0.248 e. The van der Waals surface area contributed by atoms with Crippen molar-refractivity contribution in [2.45, 2.75) is 44.6 Å². The first-order chi connectivity index (χ1) is 6.94. The van der Waals surface area contributed by atoms with E-state index in [0.717, 1.165) is 0 Å². The third-order valence-corrected chi connectivity index (χ3v) is 2.76. The molecule has 0 heterocycles. The average Bonchev–Trinajstić information content (AvgIpc) is 2.46. The first-order valence-corrected chi connectivity index (χ1v) is 5.33. The van der Waals surface area contributed by atoms with Crippen LogP contribution in [-0.4, -0.2) is 24.4 Å². The molecule has 0 aromatic heterocycles. The van der Waals surface area contributed by atoms with Gasteiger partial charge in [0.15, 0.2) is 0 Å². The van der Waals surface area contributed by atoms with Gasteiger partial charge in [0.2, 0.25) is 11.8 Å². The van der Waals surface area contributed by atoms with Crippen LogP contribution in [-0.2, 0) is 4.79 Å². The molecule has 1 aliphatic carbocycles. The predicted molar refractivity (Wildman–Crippen MR) is 53.6 cm³/mol. The maximum absolute atomic E-state index is 12.8. The van der Waals surface area contributed by atoms with Gasteiger partial charge in [-0.25, -0.2) is 8.78 Å². The summed E-state index contributed by atoms with van der Waals surface area (Å²) in [5.74, 6) is -3.44. The van der Waals surface area contributed by atoms with Gasteiger partial charge < -0.3 is 11.1 Å². The minimum absolute atomic E-state index is 0.0308. The van der Waals surface area contributed by atoms with Crippen molar-refractivity contribution in [3.63, 3.8) is 0 Å². The number of alkyl halides is 2. The minimum atomic E-state index is -2.65. The molecule has 88 valence electrons. The molecule has 3 N–H and O–H groups in total. The molecule has 0 radical (unpaired) electrons. The minimum Gasteiger partial charge on any atom is -0.353 e. The highest BCUT2D eigenvalue weighted by atomic mass is 19.3. The van der Waals surface area contributed by atoms with Gasteiger partial charge in [0.05, 0.1) is 0 Å². The number of halogens is 2. The third-order valence-electron chi connectivity index (χ3n) is 2.76. The van der Waals surface area contributed by atoms with Crippen LogP contribution in [0.5, 0.6) is 0 Å². The molecular weight excluding hydrogens is 202 g/mol. The first kappa shape index (κ1) is 12.4. The molecule has 1 rings (SSSR count). The molecule has 0 aliphatic heterocycles. The molecule has 1 fully saturated rings. The van der Waals surface area contributed by atoms with Crippen molar-refractivity contribution in [3.05, 3.63) is 0 Å². The molecule has 5 heteroatoms. The summed E-state index contributed by atoms with van der Waals surface area (Å²) in [6.07, 6.45) is 0.480. The van der Waals surface area contributed by atoms with Crippen molar-refractivity contribution in [1.29, 1.82) is 0 Å². The molecule has 0 spiro atoms. The monoisotopic (exact) mass is 220 g/mol. The molecule has 0 aromatic carbocycles. The summed E-state index contributed by atoms with van der Waals surface area (Å²) in [6.45, 7) is 2.32. The summed E-state index contributed by atoms with van der Waals surface area (Å²) in [6, 6.07) is -0.0308. The smallest absolute Gasteiger partial charge is 0.248 e. The highest BCUT2D eigenvalue weighted by Gasteiger charge is 2.42. The van der Waals surface area contributed by atoms with Crippen LogP contribution in [0, 0.1) is 5.92 Å². The Labute approximate surface area is 88.4 Å². The topological polar surface area (TPSA) is 55.1 Å². The van der Waals surface area contributed by atoms with Gasteiger partial charge in [-0.2, -0.15) is 0 Å². The molecule has 15 heavy (non-hydrogen) atoms. The fourth-order valence-corrected chi connectivity index (χ4v) is 1.86. The van der Waals surface area contributed by atoms with Gasteiger partial charge in [-0.15, -0.1) is 0 Å². The largest absolute Gasteiger partial charge is 0.353 e. The van der Waals surface area contributed by atoms with Crippen molar-refractivity contribution in [2.75, 3.05) is 6.54 Å².